The Labute approximate surface area is 230 Å². The Kier molecular flexibility index (Phi) is 10.7. The highest BCUT2D eigenvalue weighted by Gasteiger charge is 2.54. The molecule has 0 radical (unpaired) electrons. The molecule has 3 fully saturated rings. The Balaban J connectivity index is 1.28. The van der Waals surface area contributed by atoms with Crippen LogP contribution >= 0.6 is 0 Å². The first-order valence-electron chi connectivity index (χ1n) is 16.7. The van der Waals surface area contributed by atoms with Gasteiger partial charge in [0.2, 0.25) is 0 Å². The average molecular weight is 513 g/mol. The zero-order valence-corrected chi connectivity index (χ0v) is 25.2. The fraction of sp³-hybridized carbons (Fsp3) is 0.914. The van der Waals surface area contributed by atoms with E-state index in [9.17, 15) is 4.79 Å². The van der Waals surface area contributed by atoms with Crippen LogP contribution < -0.4 is 0 Å². The van der Waals surface area contributed by atoms with Crippen molar-refractivity contribution in [1.29, 1.82) is 0 Å². The maximum Gasteiger partial charge on any atom is 0.306 e. The Hall–Kier alpha value is -0.790. The molecule has 37 heavy (non-hydrogen) atoms. The Morgan fingerprint density at radius 1 is 0.919 bits per heavy atom. The highest BCUT2D eigenvalue weighted by Crippen LogP contribution is 2.63. The molecule has 4 aliphatic carbocycles. The van der Waals surface area contributed by atoms with Gasteiger partial charge in [-0.3, -0.25) is 4.79 Å². The van der Waals surface area contributed by atoms with Gasteiger partial charge in [-0.15, -0.1) is 0 Å². The molecule has 4 rings (SSSR count). The number of hydrogen-bond acceptors (Lipinski definition) is 2. The first-order chi connectivity index (χ1) is 17.8. The number of carbonyl (C=O) groups excluding carboxylic acids is 1. The minimum absolute atomic E-state index is 0.0541. The minimum atomic E-state index is 0.0541. The molecule has 2 heteroatoms. The number of ether oxygens (including phenoxy) is 1. The quantitative estimate of drug-likeness (QED) is 0.139. The molecule has 0 heterocycles. The lowest BCUT2D eigenvalue weighted by atomic mass is 9.50. The summed E-state index contributed by atoms with van der Waals surface area (Å²) in [6.07, 6.45) is 25.5. The lowest BCUT2D eigenvalue weighted by Crippen LogP contribution is -2.48. The Morgan fingerprint density at radius 3 is 2.46 bits per heavy atom. The molecule has 0 aliphatic heterocycles. The van der Waals surface area contributed by atoms with Gasteiger partial charge in [-0.1, -0.05) is 97.6 Å². The number of allylic oxidation sites excluding steroid dienone is 1. The van der Waals surface area contributed by atoms with Crippen molar-refractivity contribution in [2.75, 3.05) is 0 Å². The molecule has 0 N–H and O–H groups in total. The van der Waals surface area contributed by atoms with E-state index in [4.69, 9.17) is 4.74 Å². The highest BCUT2D eigenvalue weighted by atomic mass is 16.5. The number of unbranched alkanes of at least 4 members (excludes halogenated alkanes) is 5. The molecule has 2 nitrogen and oxygen atoms in total. The summed E-state index contributed by atoms with van der Waals surface area (Å²) in [5.41, 5.74) is 2.00. The molecule has 0 saturated heterocycles. The largest absolute Gasteiger partial charge is 0.462 e. The van der Waals surface area contributed by atoms with Crippen molar-refractivity contribution in [1.82, 2.24) is 0 Å². The number of carbonyl (C=O) groups is 1. The van der Waals surface area contributed by atoms with E-state index in [2.05, 4.69) is 40.7 Å². The fourth-order valence-corrected chi connectivity index (χ4v) is 9.49. The summed E-state index contributed by atoms with van der Waals surface area (Å²) >= 11 is 0. The van der Waals surface area contributed by atoms with E-state index < -0.39 is 0 Å². The van der Waals surface area contributed by atoms with Crippen molar-refractivity contribution in [3.63, 3.8) is 0 Å². The van der Waals surface area contributed by atoms with Crippen LogP contribution in [-0.2, 0) is 9.53 Å². The molecule has 2 unspecified atom stereocenters. The molecule has 0 spiro atoms. The third-order valence-electron chi connectivity index (χ3n) is 11.6. The predicted octanol–water partition coefficient (Wildman–Crippen LogP) is 10.3. The van der Waals surface area contributed by atoms with Crippen LogP contribution in [0, 0.1) is 46.8 Å². The van der Waals surface area contributed by atoms with Crippen LogP contribution in [0.3, 0.4) is 0 Å². The molecule has 0 amide bonds. The molecule has 4 aliphatic rings. The summed E-state index contributed by atoms with van der Waals surface area (Å²) in [7, 11) is 0. The molecule has 0 bridgehead atoms. The van der Waals surface area contributed by atoms with Gasteiger partial charge in [0.1, 0.15) is 6.10 Å². The zero-order chi connectivity index (χ0) is 26.4. The number of rotatable bonds is 13. The summed E-state index contributed by atoms with van der Waals surface area (Å²) in [6, 6.07) is 0. The van der Waals surface area contributed by atoms with E-state index in [1.165, 1.54) is 89.9 Å². The number of hydrogen-bond donors (Lipinski definition) is 0. The fourth-order valence-electron chi connectivity index (χ4n) is 9.49. The maximum atomic E-state index is 12.5. The average Bonchev–Trinajstić information content (AvgIpc) is 3.31. The first-order valence-corrected chi connectivity index (χ1v) is 16.7. The highest BCUT2D eigenvalue weighted by molar-refractivity contribution is 5.69. The Bertz CT molecular complexity index is 752. The summed E-state index contributed by atoms with van der Waals surface area (Å²) in [5.74, 6) is 6.54. The number of esters is 1. The summed E-state index contributed by atoms with van der Waals surface area (Å²) < 4.78 is 6.03. The third kappa shape index (κ3) is 7.05. The van der Waals surface area contributed by atoms with Gasteiger partial charge in [0.05, 0.1) is 0 Å². The first kappa shape index (κ1) is 29.2. The van der Waals surface area contributed by atoms with Crippen LogP contribution in [0.1, 0.15) is 150 Å². The summed E-state index contributed by atoms with van der Waals surface area (Å²) in [6.45, 7) is 12.2. The lowest BCUT2D eigenvalue weighted by molar-refractivity contribution is -0.151. The van der Waals surface area contributed by atoms with Crippen LogP contribution in [0.5, 0.6) is 0 Å². The van der Waals surface area contributed by atoms with Crippen LogP contribution in [0.25, 0.3) is 0 Å². The number of fused-ring (bicyclic) bond motifs is 5. The second-order valence-corrected chi connectivity index (χ2v) is 14.5. The second kappa shape index (κ2) is 13.5. The monoisotopic (exact) mass is 512 g/mol. The van der Waals surface area contributed by atoms with Gasteiger partial charge in [0, 0.05) is 12.8 Å². The van der Waals surface area contributed by atoms with Crippen molar-refractivity contribution in [3.05, 3.63) is 11.6 Å². The van der Waals surface area contributed by atoms with E-state index in [0.29, 0.717) is 11.8 Å². The molecular formula is C35H60O2. The van der Waals surface area contributed by atoms with E-state index in [-0.39, 0.29) is 12.1 Å². The van der Waals surface area contributed by atoms with Gasteiger partial charge in [-0.05, 0) is 98.2 Å². The van der Waals surface area contributed by atoms with E-state index >= 15 is 0 Å². The normalized spacial score (nSPS) is 35.9. The van der Waals surface area contributed by atoms with Crippen molar-refractivity contribution < 1.29 is 9.53 Å². The SMILES string of the molecule is CCCCCCCCC(=O)O[C@H]1CC[C@@]2(C)C(=CC[C@H]3C4CC[C@H]([C@H](C)CCCC(C)C)C4CC[C@@H]32)C1. The predicted molar refractivity (Wildman–Crippen MR) is 156 cm³/mol. The zero-order valence-electron chi connectivity index (χ0n) is 25.2. The molecular weight excluding hydrogens is 452 g/mol. The third-order valence-corrected chi connectivity index (χ3v) is 11.6. The molecule has 212 valence electrons. The van der Waals surface area contributed by atoms with Crippen LogP contribution in [-0.4, -0.2) is 12.1 Å². The second-order valence-electron chi connectivity index (χ2n) is 14.5. The summed E-state index contributed by atoms with van der Waals surface area (Å²) in [5, 5.41) is 0. The smallest absolute Gasteiger partial charge is 0.306 e. The van der Waals surface area contributed by atoms with Gasteiger partial charge < -0.3 is 4.74 Å². The lowest BCUT2D eigenvalue weighted by Gasteiger charge is -2.55. The van der Waals surface area contributed by atoms with Crippen LogP contribution in [0.15, 0.2) is 11.6 Å². The van der Waals surface area contributed by atoms with Gasteiger partial charge in [-0.2, -0.15) is 0 Å². The molecule has 8 atom stereocenters. The van der Waals surface area contributed by atoms with Gasteiger partial charge in [-0.25, -0.2) is 0 Å². The minimum Gasteiger partial charge on any atom is -0.462 e. The van der Waals surface area contributed by atoms with E-state index in [1.807, 2.05) is 0 Å². The van der Waals surface area contributed by atoms with Gasteiger partial charge in [0.25, 0.3) is 0 Å². The van der Waals surface area contributed by atoms with Crippen LogP contribution in [0.2, 0.25) is 0 Å². The van der Waals surface area contributed by atoms with Crippen LogP contribution in [0.4, 0.5) is 0 Å². The van der Waals surface area contributed by atoms with Gasteiger partial charge in [0.15, 0.2) is 0 Å². The molecule has 0 aromatic rings. The molecule has 0 aromatic heterocycles. The van der Waals surface area contributed by atoms with E-state index in [1.54, 1.807) is 5.57 Å². The maximum absolute atomic E-state index is 12.5. The summed E-state index contributed by atoms with van der Waals surface area (Å²) in [4.78, 5) is 12.5. The van der Waals surface area contributed by atoms with Crippen molar-refractivity contribution in [3.8, 4) is 0 Å². The molecule has 0 aromatic carbocycles. The topological polar surface area (TPSA) is 26.3 Å². The van der Waals surface area contributed by atoms with Crippen molar-refractivity contribution in [2.24, 2.45) is 46.8 Å². The standard InChI is InChI=1S/C35H60O2/c1-6-7-8-9-10-11-15-34(36)37-28-22-23-35(5)27(24-28)16-17-32-31-19-18-29(30(31)20-21-33(32)35)26(4)14-12-13-25(2)3/h16,25-26,28-33H,6-15,17-24H2,1-5H3/t26-,28+,29-,30?,31?,32+,33+,35+/m1/s1. The van der Waals surface area contributed by atoms with Crippen molar-refractivity contribution in [2.45, 2.75) is 156 Å². The Morgan fingerprint density at radius 2 is 1.68 bits per heavy atom. The molecule has 3 saturated carbocycles. The van der Waals surface area contributed by atoms with Crippen molar-refractivity contribution >= 4 is 5.97 Å². The van der Waals surface area contributed by atoms with Gasteiger partial charge >= 0.3 is 5.97 Å². The van der Waals surface area contributed by atoms with E-state index in [0.717, 1.165) is 60.7 Å².